The zero-order valence-electron chi connectivity index (χ0n) is 20.7. The number of fused-ring (bicyclic) bond motifs is 1. The fraction of sp³-hybridized carbons (Fsp3) is 0.500. The molecule has 3 aliphatic carbocycles. The first-order valence-corrected chi connectivity index (χ1v) is 13.2. The number of rotatable bonds is 5. The van der Waals surface area contributed by atoms with Crippen molar-refractivity contribution < 1.29 is 29.2 Å². The van der Waals surface area contributed by atoms with Crippen LogP contribution in [-0.2, 0) is 17.6 Å². The lowest BCUT2D eigenvalue weighted by molar-refractivity contribution is -0.123. The second kappa shape index (κ2) is 10.3. The first kappa shape index (κ1) is 24.8. The predicted molar refractivity (Wildman–Crippen MR) is 134 cm³/mol. The number of hydrogen-bond donors (Lipinski definition) is 3. The van der Waals surface area contributed by atoms with Crippen LogP contribution in [0, 0.1) is 29.5 Å². The van der Waals surface area contributed by atoms with Crippen molar-refractivity contribution in [2.75, 3.05) is 0 Å². The van der Waals surface area contributed by atoms with Crippen molar-refractivity contribution in [1.29, 1.82) is 0 Å². The van der Waals surface area contributed by atoms with E-state index in [9.17, 15) is 24.5 Å². The predicted octanol–water partition coefficient (Wildman–Crippen LogP) is 5.79. The number of carbonyl (C=O) groups is 1. The number of halogens is 1. The normalized spacial score (nSPS) is 30.1. The Kier molecular flexibility index (Phi) is 7.07. The van der Waals surface area contributed by atoms with Gasteiger partial charge in [-0.3, -0.25) is 4.79 Å². The molecule has 192 valence electrons. The highest BCUT2D eigenvalue weighted by molar-refractivity contribution is 5.82. The van der Waals surface area contributed by atoms with E-state index in [2.05, 4.69) is 12.2 Å². The summed E-state index contributed by atoms with van der Waals surface area (Å²) in [5, 5.41) is 31.1. The van der Waals surface area contributed by atoms with E-state index < -0.39 is 11.9 Å². The molecule has 36 heavy (non-hydrogen) atoms. The van der Waals surface area contributed by atoms with Gasteiger partial charge in [0.15, 0.2) is 11.5 Å². The molecule has 2 aromatic rings. The molecule has 6 heteroatoms. The van der Waals surface area contributed by atoms with E-state index >= 15 is 0 Å². The van der Waals surface area contributed by atoms with E-state index in [1.807, 2.05) is 13.0 Å². The fourth-order valence-electron chi connectivity index (χ4n) is 6.40. The first-order valence-electron chi connectivity index (χ1n) is 13.2. The quantitative estimate of drug-likeness (QED) is 0.458. The molecule has 5 nitrogen and oxygen atoms in total. The summed E-state index contributed by atoms with van der Waals surface area (Å²) in [7, 11) is 0. The lowest BCUT2D eigenvalue weighted by Crippen LogP contribution is -2.29. The van der Waals surface area contributed by atoms with Crippen molar-refractivity contribution in [3.63, 3.8) is 0 Å². The van der Waals surface area contributed by atoms with Crippen LogP contribution in [0.3, 0.4) is 0 Å². The molecule has 0 amide bonds. The molecule has 0 heterocycles. The molecule has 1 fully saturated rings. The van der Waals surface area contributed by atoms with Crippen LogP contribution >= 0.6 is 0 Å². The Labute approximate surface area is 211 Å². The van der Waals surface area contributed by atoms with E-state index in [4.69, 9.17) is 4.74 Å². The third-order valence-electron chi connectivity index (χ3n) is 8.27. The summed E-state index contributed by atoms with van der Waals surface area (Å²) < 4.78 is 21.3. The molecular weight excluding hydrogens is 459 g/mol. The molecule has 3 N–H and O–H groups in total. The number of Topliss-reactive ketones (excluding diaryl/α,β-unsaturated/α-hetero) is 1. The standard InChI is InChI=1S/C30H35FO5/c1-17-4-2-6-20(28(35)10-17)11-18-8-9-27(34)29(12-18)36-30-23(19-5-3-7-21(32)13-19)16-24-25(30)14-22(33)15-26(24)31/h2,4,8-9,12,14-15,17,19-21,23,30,32-34H,3,5-7,10-11,13,16H2,1H3. The van der Waals surface area contributed by atoms with E-state index in [1.54, 1.807) is 18.2 Å². The highest BCUT2D eigenvalue weighted by Gasteiger charge is 2.42. The number of hydrogen-bond acceptors (Lipinski definition) is 5. The van der Waals surface area contributed by atoms with Crippen LogP contribution < -0.4 is 4.74 Å². The maximum Gasteiger partial charge on any atom is 0.162 e. The van der Waals surface area contributed by atoms with Gasteiger partial charge in [-0.1, -0.05) is 31.6 Å². The fourth-order valence-corrected chi connectivity index (χ4v) is 6.40. The van der Waals surface area contributed by atoms with Gasteiger partial charge in [0.1, 0.15) is 23.5 Å². The van der Waals surface area contributed by atoms with Crippen LogP contribution in [0.4, 0.5) is 4.39 Å². The SMILES string of the molecule is CC1C=CCC(Cc2ccc(O)c(OC3c4cc(O)cc(F)c4CC3C3CCCC(O)C3)c2)C(=O)C1. The molecule has 1 saturated carbocycles. The van der Waals surface area contributed by atoms with Crippen molar-refractivity contribution in [1.82, 2.24) is 0 Å². The molecular formula is C30H35FO5. The number of aliphatic hydroxyl groups is 1. The van der Waals surface area contributed by atoms with Gasteiger partial charge in [-0.05, 0) is 79.7 Å². The molecule has 6 unspecified atom stereocenters. The first-order chi connectivity index (χ1) is 17.3. The smallest absolute Gasteiger partial charge is 0.162 e. The van der Waals surface area contributed by atoms with Gasteiger partial charge in [0.25, 0.3) is 0 Å². The number of ether oxygens (including phenoxy) is 1. The molecule has 6 atom stereocenters. The molecule has 0 radical (unpaired) electrons. The van der Waals surface area contributed by atoms with Gasteiger partial charge in [0.2, 0.25) is 0 Å². The zero-order chi connectivity index (χ0) is 25.4. The van der Waals surface area contributed by atoms with Crippen molar-refractivity contribution >= 4 is 5.78 Å². The maximum atomic E-state index is 14.8. The summed E-state index contributed by atoms with van der Waals surface area (Å²) >= 11 is 0. The van der Waals surface area contributed by atoms with Crippen molar-refractivity contribution in [3.05, 3.63) is 65.0 Å². The minimum absolute atomic E-state index is 0.0176. The molecule has 2 aromatic carbocycles. The molecule has 0 aliphatic heterocycles. The second-order valence-corrected chi connectivity index (χ2v) is 11.0. The van der Waals surface area contributed by atoms with Crippen LogP contribution in [0.5, 0.6) is 17.2 Å². The average molecular weight is 495 g/mol. The number of ketones is 1. The summed E-state index contributed by atoms with van der Waals surface area (Å²) in [5.41, 5.74) is 2.03. The van der Waals surface area contributed by atoms with Crippen molar-refractivity contribution in [3.8, 4) is 17.2 Å². The van der Waals surface area contributed by atoms with E-state index in [1.165, 1.54) is 0 Å². The van der Waals surface area contributed by atoms with Crippen LogP contribution in [0.15, 0.2) is 42.5 Å². The number of phenols is 2. The number of phenolic OH excluding ortho intramolecular Hbond substituents is 2. The Morgan fingerprint density at radius 2 is 1.94 bits per heavy atom. The Bertz CT molecular complexity index is 1160. The number of allylic oxidation sites excluding steroid dienone is 2. The molecule has 0 bridgehead atoms. The third-order valence-corrected chi connectivity index (χ3v) is 8.27. The maximum absolute atomic E-state index is 14.8. The van der Waals surface area contributed by atoms with Gasteiger partial charge in [0.05, 0.1) is 6.10 Å². The summed E-state index contributed by atoms with van der Waals surface area (Å²) in [6.45, 7) is 2.05. The lowest BCUT2D eigenvalue weighted by atomic mass is 9.76. The highest BCUT2D eigenvalue weighted by atomic mass is 19.1. The second-order valence-electron chi connectivity index (χ2n) is 11.0. The topological polar surface area (TPSA) is 87.0 Å². The summed E-state index contributed by atoms with van der Waals surface area (Å²) in [6, 6.07) is 7.87. The van der Waals surface area contributed by atoms with Gasteiger partial charge in [-0.15, -0.1) is 0 Å². The summed E-state index contributed by atoms with van der Waals surface area (Å²) in [6.07, 6.45) is 8.72. The molecule has 0 aromatic heterocycles. The number of benzene rings is 2. The Hall–Kier alpha value is -2.86. The molecule has 0 saturated heterocycles. The monoisotopic (exact) mass is 494 g/mol. The van der Waals surface area contributed by atoms with Gasteiger partial charge >= 0.3 is 0 Å². The van der Waals surface area contributed by atoms with Crippen molar-refractivity contribution in [2.24, 2.45) is 23.7 Å². The van der Waals surface area contributed by atoms with Gasteiger partial charge in [-0.25, -0.2) is 4.39 Å². The minimum atomic E-state index is -0.554. The Morgan fingerprint density at radius 3 is 2.75 bits per heavy atom. The van der Waals surface area contributed by atoms with Crippen LogP contribution in [0.1, 0.15) is 68.2 Å². The minimum Gasteiger partial charge on any atom is -0.508 e. The Balaban J connectivity index is 1.43. The van der Waals surface area contributed by atoms with Crippen LogP contribution in [0.25, 0.3) is 0 Å². The Morgan fingerprint density at radius 1 is 1.11 bits per heavy atom. The molecule has 0 spiro atoms. The van der Waals surface area contributed by atoms with Gasteiger partial charge in [0, 0.05) is 29.9 Å². The van der Waals surface area contributed by atoms with Gasteiger partial charge < -0.3 is 20.1 Å². The van der Waals surface area contributed by atoms with E-state index in [0.717, 1.165) is 30.9 Å². The summed E-state index contributed by atoms with van der Waals surface area (Å²) in [4.78, 5) is 12.7. The largest absolute Gasteiger partial charge is 0.508 e. The number of aromatic hydroxyl groups is 2. The summed E-state index contributed by atoms with van der Waals surface area (Å²) in [5.74, 6) is 0.112. The molecule has 5 rings (SSSR count). The molecule has 3 aliphatic rings. The highest BCUT2D eigenvalue weighted by Crippen LogP contribution is 2.49. The zero-order valence-corrected chi connectivity index (χ0v) is 20.7. The van der Waals surface area contributed by atoms with E-state index in [0.29, 0.717) is 49.0 Å². The van der Waals surface area contributed by atoms with Crippen LogP contribution in [0.2, 0.25) is 0 Å². The average Bonchev–Trinajstić information content (AvgIpc) is 3.10. The van der Waals surface area contributed by atoms with Gasteiger partial charge in [-0.2, -0.15) is 0 Å². The van der Waals surface area contributed by atoms with Crippen LogP contribution in [-0.4, -0.2) is 27.2 Å². The number of aliphatic hydroxyl groups excluding tert-OH is 1. The third kappa shape index (κ3) is 5.15. The lowest BCUT2D eigenvalue weighted by Gasteiger charge is -2.34. The van der Waals surface area contributed by atoms with Crippen molar-refractivity contribution in [2.45, 2.75) is 70.5 Å². The number of carbonyl (C=O) groups excluding carboxylic acids is 1. The van der Waals surface area contributed by atoms with E-state index in [-0.39, 0.29) is 47.1 Å².